The maximum atomic E-state index is 5.75. The van der Waals surface area contributed by atoms with Crippen molar-refractivity contribution < 1.29 is 9.47 Å². The van der Waals surface area contributed by atoms with Gasteiger partial charge in [0.05, 0.1) is 41.7 Å². The maximum absolute atomic E-state index is 5.75. The van der Waals surface area contributed by atoms with Crippen molar-refractivity contribution in [1.82, 2.24) is 15.1 Å². The summed E-state index contributed by atoms with van der Waals surface area (Å²) in [5.74, 6) is 0.405. The molecule has 0 fully saturated rings. The number of halogens is 1. The summed E-state index contributed by atoms with van der Waals surface area (Å²) < 4.78 is 13.9. The van der Waals surface area contributed by atoms with Crippen LogP contribution in [-0.2, 0) is 16.0 Å². The summed E-state index contributed by atoms with van der Waals surface area (Å²) in [5.41, 5.74) is 1.13. The highest BCUT2D eigenvalue weighted by atomic mass is 79.9. The van der Waals surface area contributed by atoms with Crippen LogP contribution in [0.1, 0.15) is 38.9 Å². The molecule has 5 nitrogen and oxygen atoms in total. The molecule has 0 bridgehead atoms. The summed E-state index contributed by atoms with van der Waals surface area (Å²) in [6.07, 6.45) is 3.01. The van der Waals surface area contributed by atoms with Crippen molar-refractivity contribution in [2.75, 3.05) is 27.4 Å². The highest BCUT2D eigenvalue weighted by molar-refractivity contribution is 9.10. The number of rotatable bonds is 10. The van der Waals surface area contributed by atoms with E-state index in [-0.39, 0.29) is 12.1 Å². The Morgan fingerprint density at radius 3 is 2.62 bits per heavy atom. The molecule has 2 unspecified atom stereocenters. The van der Waals surface area contributed by atoms with Gasteiger partial charge in [0.1, 0.15) is 0 Å². The molecule has 1 aromatic heterocycles. The molecule has 1 N–H and O–H groups in total. The summed E-state index contributed by atoms with van der Waals surface area (Å²) in [5, 5.41) is 8.06. The third-order valence-electron chi connectivity index (χ3n) is 3.51. The topological polar surface area (TPSA) is 48.3 Å². The Kier molecular flexibility index (Phi) is 8.48. The highest BCUT2D eigenvalue weighted by Crippen LogP contribution is 2.30. The summed E-state index contributed by atoms with van der Waals surface area (Å²) in [4.78, 5) is 0. The quantitative estimate of drug-likeness (QED) is 0.695. The second-order valence-electron chi connectivity index (χ2n) is 5.47. The van der Waals surface area contributed by atoms with Crippen molar-refractivity contribution in [3.05, 3.63) is 16.4 Å². The van der Waals surface area contributed by atoms with E-state index in [1.807, 2.05) is 10.9 Å². The average molecular weight is 362 g/mol. The lowest BCUT2D eigenvalue weighted by molar-refractivity contribution is 0.0295. The lowest BCUT2D eigenvalue weighted by Crippen LogP contribution is -2.38. The fourth-order valence-electron chi connectivity index (χ4n) is 2.50. The van der Waals surface area contributed by atoms with Crippen LogP contribution in [0.5, 0.6) is 0 Å². The first kappa shape index (κ1) is 18.6. The standard InChI is InChI=1S/C15H28BrN3O2/c1-6-7-17-13(15(21-5)11(2)3)14-12(16)10-18-19(14)8-9-20-4/h10-11,13,15,17H,6-9H2,1-5H3. The molecule has 1 rings (SSSR count). The van der Waals surface area contributed by atoms with E-state index in [0.717, 1.165) is 29.7 Å². The van der Waals surface area contributed by atoms with E-state index in [0.29, 0.717) is 12.5 Å². The zero-order valence-electron chi connectivity index (χ0n) is 13.7. The van der Waals surface area contributed by atoms with Gasteiger partial charge in [-0.1, -0.05) is 20.8 Å². The van der Waals surface area contributed by atoms with Crippen molar-refractivity contribution in [2.24, 2.45) is 5.92 Å². The van der Waals surface area contributed by atoms with Gasteiger partial charge in [-0.2, -0.15) is 5.10 Å². The van der Waals surface area contributed by atoms with Gasteiger partial charge in [0.15, 0.2) is 0 Å². The molecule has 21 heavy (non-hydrogen) atoms. The molecule has 0 amide bonds. The smallest absolute Gasteiger partial charge is 0.0804 e. The summed E-state index contributed by atoms with van der Waals surface area (Å²) in [6.45, 7) is 8.84. The highest BCUT2D eigenvalue weighted by Gasteiger charge is 2.30. The van der Waals surface area contributed by atoms with Gasteiger partial charge in [0.25, 0.3) is 0 Å². The lowest BCUT2D eigenvalue weighted by atomic mass is 9.96. The normalized spacial score (nSPS) is 14.6. The molecule has 0 aliphatic carbocycles. The summed E-state index contributed by atoms with van der Waals surface area (Å²) >= 11 is 3.63. The molecule has 0 radical (unpaired) electrons. The Morgan fingerprint density at radius 2 is 2.10 bits per heavy atom. The molecule has 0 aromatic carbocycles. The Morgan fingerprint density at radius 1 is 1.38 bits per heavy atom. The predicted molar refractivity (Wildman–Crippen MR) is 88.5 cm³/mol. The Hall–Kier alpha value is -0.430. The molecular weight excluding hydrogens is 334 g/mol. The van der Waals surface area contributed by atoms with Gasteiger partial charge in [-0.25, -0.2) is 0 Å². The summed E-state index contributed by atoms with van der Waals surface area (Å²) in [6, 6.07) is 0.101. The van der Waals surface area contributed by atoms with E-state index in [2.05, 4.69) is 47.1 Å². The minimum atomic E-state index is 0.0887. The van der Waals surface area contributed by atoms with E-state index in [9.17, 15) is 0 Å². The van der Waals surface area contributed by atoms with E-state index in [4.69, 9.17) is 9.47 Å². The van der Waals surface area contributed by atoms with Crippen molar-refractivity contribution >= 4 is 15.9 Å². The number of methoxy groups -OCH3 is 2. The molecule has 6 heteroatoms. The van der Waals surface area contributed by atoms with Crippen LogP contribution in [0, 0.1) is 5.92 Å². The maximum Gasteiger partial charge on any atom is 0.0804 e. The third kappa shape index (κ3) is 5.06. The van der Waals surface area contributed by atoms with E-state index >= 15 is 0 Å². The predicted octanol–water partition coefficient (Wildman–Crippen LogP) is 3.00. The molecule has 2 atom stereocenters. The Labute approximate surface area is 136 Å². The molecule has 0 aliphatic heterocycles. The number of nitrogens with one attached hydrogen (secondary N) is 1. The Balaban J connectivity index is 3.09. The number of aromatic nitrogens is 2. The largest absolute Gasteiger partial charge is 0.383 e. The van der Waals surface area contributed by atoms with Crippen molar-refractivity contribution in [3.63, 3.8) is 0 Å². The van der Waals surface area contributed by atoms with Crippen LogP contribution in [-0.4, -0.2) is 43.3 Å². The van der Waals surface area contributed by atoms with E-state index in [1.54, 1.807) is 14.2 Å². The van der Waals surface area contributed by atoms with E-state index < -0.39 is 0 Å². The van der Waals surface area contributed by atoms with Crippen LogP contribution >= 0.6 is 15.9 Å². The first-order valence-corrected chi connectivity index (χ1v) is 8.32. The fourth-order valence-corrected chi connectivity index (χ4v) is 3.04. The third-order valence-corrected chi connectivity index (χ3v) is 4.12. The minimum Gasteiger partial charge on any atom is -0.383 e. The van der Waals surface area contributed by atoms with Gasteiger partial charge in [-0.15, -0.1) is 0 Å². The molecule has 0 saturated carbocycles. The number of nitrogens with zero attached hydrogens (tertiary/aromatic N) is 2. The first-order valence-electron chi connectivity index (χ1n) is 7.53. The van der Waals surface area contributed by atoms with Crippen LogP contribution in [0.3, 0.4) is 0 Å². The number of hydrogen-bond donors (Lipinski definition) is 1. The first-order chi connectivity index (χ1) is 10.1. The van der Waals surface area contributed by atoms with Crippen molar-refractivity contribution in [1.29, 1.82) is 0 Å². The Bertz CT molecular complexity index is 410. The van der Waals surface area contributed by atoms with Gasteiger partial charge >= 0.3 is 0 Å². The summed E-state index contributed by atoms with van der Waals surface area (Å²) in [7, 11) is 3.48. The van der Waals surface area contributed by atoms with Gasteiger partial charge < -0.3 is 14.8 Å². The molecular formula is C15H28BrN3O2. The van der Waals surface area contributed by atoms with Crippen LogP contribution < -0.4 is 5.32 Å². The SMILES string of the molecule is CCCNC(c1c(Br)cnn1CCOC)C(OC)C(C)C. The van der Waals surface area contributed by atoms with Crippen molar-refractivity contribution in [3.8, 4) is 0 Å². The van der Waals surface area contributed by atoms with Gasteiger partial charge in [-0.3, -0.25) is 4.68 Å². The lowest BCUT2D eigenvalue weighted by Gasteiger charge is -2.31. The van der Waals surface area contributed by atoms with Gasteiger partial charge in [-0.05, 0) is 34.8 Å². The fraction of sp³-hybridized carbons (Fsp3) is 0.800. The van der Waals surface area contributed by atoms with E-state index in [1.165, 1.54) is 0 Å². The minimum absolute atomic E-state index is 0.0887. The number of ether oxygens (including phenoxy) is 2. The van der Waals surface area contributed by atoms with Gasteiger partial charge in [0.2, 0.25) is 0 Å². The molecule has 0 aliphatic rings. The van der Waals surface area contributed by atoms with Crippen LogP contribution in [0.15, 0.2) is 10.7 Å². The van der Waals surface area contributed by atoms with Crippen LogP contribution in [0.25, 0.3) is 0 Å². The molecule has 0 spiro atoms. The van der Waals surface area contributed by atoms with Gasteiger partial charge in [0, 0.05) is 14.2 Å². The second kappa shape index (κ2) is 9.56. The van der Waals surface area contributed by atoms with Crippen LogP contribution in [0.2, 0.25) is 0 Å². The molecule has 0 saturated heterocycles. The number of hydrogen-bond acceptors (Lipinski definition) is 4. The van der Waals surface area contributed by atoms with Crippen LogP contribution in [0.4, 0.5) is 0 Å². The molecule has 122 valence electrons. The zero-order valence-corrected chi connectivity index (χ0v) is 15.3. The monoisotopic (exact) mass is 361 g/mol. The van der Waals surface area contributed by atoms with Crippen molar-refractivity contribution in [2.45, 2.75) is 45.9 Å². The molecule has 1 heterocycles. The second-order valence-corrected chi connectivity index (χ2v) is 6.32. The molecule has 1 aromatic rings. The zero-order chi connectivity index (χ0) is 15.8. The average Bonchev–Trinajstić information content (AvgIpc) is 2.81.